The summed E-state index contributed by atoms with van der Waals surface area (Å²) in [5, 5.41) is 2.85. The molecule has 0 unspecified atom stereocenters. The van der Waals surface area contributed by atoms with E-state index in [4.69, 9.17) is 4.74 Å². The smallest absolute Gasteiger partial charge is 0.251 e. The number of hydrogen-bond acceptors (Lipinski definition) is 2. The van der Waals surface area contributed by atoms with Crippen molar-refractivity contribution in [2.45, 2.75) is 13.8 Å². The molecule has 110 valence electrons. The number of halogens is 1. The van der Waals surface area contributed by atoms with Crippen LogP contribution in [-0.2, 0) is 0 Å². The van der Waals surface area contributed by atoms with Crippen molar-refractivity contribution in [1.29, 1.82) is 0 Å². The van der Waals surface area contributed by atoms with Gasteiger partial charge in [-0.15, -0.1) is 0 Å². The normalized spacial score (nSPS) is 10.2. The highest BCUT2D eigenvalue weighted by atomic mass is 79.9. The Hall–Kier alpha value is -1.81. The summed E-state index contributed by atoms with van der Waals surface area (Å²) in [6, 6.07) is 13.3. The van der Waals surface area contributed by atoms with Gasteiger partial charge in [-0.1, -0.05) is 34.1 Å². The zero-order valence-electron chi connectivity index (χ0n) is 12.2. The van der Waals surface area contributed by atoms with E-state index in [1.54, 1.807) is 12.1 Å². The van der Waals surface area contributed by atoms with Gasteiger partial charge in [-0.25, -0.2) is 0 Å². The number of amides is 1. The summed E-state index contributed by atoms with van der Waals surface area (Å²) < 4.78 is 6.59. The molecule has 0 bridgehead atoms. The van der Waals surface area contributed by atoms with E-state index < -0.39 is 0 Å². The third-order valence-corrected chi connectivity index (χ3v) is 3.78. The fourth-order valence-electron chi connectivity index (χ4n) is 1.94. The maximum Gasteiger partial charge on any atom is 0.251 e. The zero-order chi connectivity index (χ0) is 15.2. The lowest BCUT2D eigenvalue weighted by molar-refractivity contribution is 0.0947. The molecule has 0 aromatic heterocycles. The number of carbonyl (C=O) groups is 1. The highest BCUT2D eigenvalue weighted by Crippen LogP contribution is 2.20. The number of aryl methyl sites for hydroxylation is 1. The molecule has 0 saturated carbocycles. The van der Waals surface area contributed by atoms with Gasteiger partial charge in [-0.3, -0.25) is 4.79 Å². The first-order chi connectivity index (χ1) is 10.1. The first-order valence-electron chi connectivity index (χ1n) is 6.80. The highest BCUT2D eigenvalue weighted by Gasteiger charge is 2.05. The van der Waals surface area contributed by atoms with Gasteiger partial charge in [-0.05, 0) is 49.2 Å². The second kappa shape index (κ2) is 7.27. The lowest BCUT2D eigenvalue weighted by Crippen LogP contribution is -2.28. The van der Waals surface area contributed by atoms with Crippen molar-refractivity contribution in [2.75, 3.05) is 13.2 Å². The Balaban J connectivity index is 1.82. The summed E-state index contributed by atoms with van der Waals surface area (Å²) >= 11 is 3.35. The Morgan fingerprint density at radius 1 is 1.19 bits per heavy atom. The molecular weight excluding hydrogens is 330 g/mol. The first kappa shape index (κ1) is 15.6. The third kappa shape index (κ3) is 4.33. The molecule has 2 aromatic carbocycles. The maximum absolute atomic E-state index is 11.9. The lowest BCUT2D eigenvalue weighted by atomic mass is 10.1. The quantitative estimate of drug-likeness (QED) is 0.833. The van der Waals surface area contributed by atoms with Crippen molar-refractivity contribution in [3.63, 3.8) is 0 Å². The minimum Gasteiger partial charge on any atom is -0.491 e. The Kier molecular flexibility index (Phi) is 5.39. The van der Waals surface area contributed by atoms with Crippen molar-refractivity contribution in [3.05, 3.63) is 63.6 Å². The van der Waals surface area contributed by atoms with Crippen LogP contribution in [0.5, 0.6) is 5.75 Å². The fraction of sp³-hybridized carbons (Fsp3) is 0.235. The summed E-state index contributed by atoms with van der Waals surface area (Å²) in [6.07, 6.45) is 0. The van der Waals surface area contributed by atoms with Crippen LogP contribution in [0.1, 0.15) is 21.5 Å². The SMILES string of the molecule is Cc1cccc(OCCNC(=O)c2cccc(Br)c2)c1C. The molecule has 0 heterocycles. The minimum absolute atomic E-state index is 0.0964. The van der Waals surface area contributed by atoms with Crippen LogP contribution in [0.3, 0.4) is 0 Å². The molecule has 0 aliphatic heterocycles. The molecule has 3 nitrogen and oxygen atoms in total. The molecule has 2 aromatic rings. The van der Waals surface area contributed by atoms with Crippen molar-refractivity contribution in [1.82, 2.24) is 5.32 Å². The van der Waals surface area contributed by atoms with Gasteiger partial charge in [0.05, 0.1) is 6.54 Å². The van der Waals surface area contributed by atoms with E-state index in [0.717, 1.165) is 15.8 Å². The second-order valence-electron chi connectivity index (χ2n) is 4.81. The second-order valence-corrected chi connectivity index (χ2v) is 5.73. The topological polar surface area (TPSA) is 38.3 Å². The fourth-order valence-corrected chi connectivity index (χ4v) is 2.34. The van der Waals surface area contributed by atoms with Crippen LogP contribution < -0.4 is 10.1 Å². The Bertz CT molecular complexity index is 640. The average Bonchev–Trinajstić information content (AvgIpc) is 2.47. The molecule has 21 heavy (non-hydrogen) atoms. The number of nitrogens with one attached hydrogen (secondary N) is 1. The molecule has 1 amide bonds. The van der Waals surface area contributed by atoms with E-state index >= 15 is 0 Å². The van der Waals surface area contributed by atoms with Crippen molar-refractivity contribution in [2.24, 2.45) is 0 Å². The molecule has 0 spiro atoms. The van der Waals surface area contributed by atoms with E-state index in [2.05, 4.69) is 34.2 Å². The molecule has 2 rings (SSSR count). The average molecular weight is 348 g/mol. The predicted molar refractivity (Wildman–Crippen MR) is 87.9 cm³/mol. The largest absolute Gasteiger partial charge is 0.491 e. The molecule has 0 aliphatic carbocycles. The highest BCUT2D eigenvalue weighted by molar-refractivity contribution is 9.10. The lowest BCUT2D eigenvalue weighted by Gasteiger charge is -2.11. The van der Waals surface area contributed by atoms with Crippen LogP contribution >= 0.6 is 15.9 Å². The van der Waals surface area contributed by atoms with Crippen LogP contribution in [0, 0.1) is 13.8 Å². The Morgan fingerprint density at radius 2 is 1.95 bits per heavy atom. The third-order valence-electron chi connectivity index (χ3n) is 3.29. The van der Waals surface area contributed by atoms with Crippen LogP contribution in [0.25, 0.3) is 0 Å². The number of hydrogen-bond donors (Lipinski definition) is 1. The summed E-state index contributed by atoms with van der Waals surface area (Å²) in [4.78, 5) is 11.9. The van der Waals surface area contributed by atoms with E-state index in [1.165, 1.54) is 5.56 Å². The van der Waals surface area contributed by atoms with Crippen LogP contribution in [0.4, 0.5) is 0 Å². The Labute approximate surface area is 133 Å². The van der Waals surface area contributed by atoms with Gasteiger partial charge in [0.25, 0.3) is 5.91 Å². The summed E-state index contributed by atoms with van der Waals surface area (Å²) in [6.45, 7) is 5.00. The number of carbonyl (C=O) groups excluding carboxylic acids is 1. The molecule has 0 fully saturated rings. The summed E-state index contributed by atoms with van der Waals surface area (Å²) in [5.41, 5.74) is 2.97. The minimum atomic E-state index is -0.0964. The van der Waals surface area contributed by atoms with Crippen molar-refractivity contribution < 1.29 is 9.53 Å². The van der Waals surface area contributed by atoms with Crippen LogP contribution in [0.15, 0.2) is 46.9 Å². The number of rotatable bonds is 5. The van der Waals surface area contributed by atoms with E-state index in [0.29, 0.717) is 18.7 Å². The van der Waals surface area contributed by atoms with E-state index in [9.17, 15) is 4.79 Å². The molecular formula is C17H18BrNO2. The van der Waals surface area contributed by atoms with Gasteiger partial charge in [0.1, 0.15) is 12.4 Å². The first-order valence-corrected chi connectivity index (χ1v) is 7.60. The van der Waals surface area contributed by atoms with Crippen LogP contribution in [-0.4, -0.2) is 19.1 Å². The standard InChI is InChI=1S/C17H18BrNO2/c1-12-5-3-8-16(13(12)2)21-10-9-19-17(20)14-6-4-7-15(18)11-14/h3-8,11H,9-10H2,1-2H3,(H,19,20). The molecule has 4 heteroatoms. The maximum atomic E-state index is 11.9. The van der Waals surface area contributed by atoms with Crippen LogP contribution in [0.2, 0.25) is 0 Å². The van der Waals surface area contributed by atoms with Gasteiger partial charge in [0, 0.05) is 10.0 Å². The zero-order valence-corrected chi connectivity index (χ0v) is 13.7. The van der Waals surface area contributed by atoms with Crippen molar-refractivity contribution in [3.8, 4) is 5.75 Å². The van der Waals surface area contributed by atoms with E-state index in [1.807, 2.05) is 31.2 Å². The Morgan fingerprint density at radius 3 is 2.71 bits per heavy atom. The van der Waals surface area contributed by atoms with Gasteiger partial charge >= 0.3 is 0 Å². The molecule has 1 N–H and O–H groups in total. The predicted octanol–water partition coefficient (Wildman–Crippen LogP) is 3.87. The number of benzene rings is 2. The monoisotopic (exact) mass is 347 g/mol. The van der Waals surface area contributed by atoms with E-state index in [-0.39, 0.29) is 5.91 Å². The van der Waals surface area contributed by atoms with Crippen molar-refractivity contribution >= 4 is 21.8 Å². The summed E-state index contributed by atoms with van der Waals surface area (Å²) in [5.74, 6) is 0.771. The van der Waals surface area contributed by atoms with Gasteiger partial charge in [0.2, 0.25) is 0 Å². The molecule has 0 aliphatic rings. The van der Waals surface area contributed by atoms with Gasteiger partial charge < -0.3 is 10.1 Å². The molecule has 0 saturated heterocycles. The van der Waals surface area contributed by atoms with Gasteiger partial charge in [0.15, 0.2) is 0 Å². The number of ether oxygens (including phenoxy) is 1. The molecule has 0 radical (unpaired) electrons. The van der Waals surface area contributed by atoms with Gasteiger partial charge in [-0.2, -0.15) is 0 Å². The summed E-state index contributed by atoms with van der Waals surface area (Å²) in [7, 11) is 0. The molecule has 0 atom stereocenters.